The molecule has 250 valence electrons. The molecule has 15 heteroatoms. The van der Waals surface area contributed by atoms with E-state index in [-0.39, 0.29) is 35.0 Å². The average Bonchev–Trinajstić information content (AvgIpc) is 2.92. The lowest BCUT2D eigenvalue weighted by molar-refractivity contribution is -0.121. The summed E-state index contributed by atoms with van der Waals surface area (Å²) in [5.41, 5.74) is -1.86. The number of ketones is 1. The number of aliphatic hydroxyl groups is 1. The highest BCUT2D eigenvalue weighted by atomic mass is 79.9. The molecule has 0 aromatic carbocycles. The number of rotatable bonds is 1. The van der Waals surface area contributed by atoms with Crippen molar-refractivity contribution in [1.82, 2.24) is 19.8 Å². The normalized spacial score (nSPS) is 16.5. The smallest absolute Gasteiger partial charge is 0.410 e. The molecule has 2 aromatic rings. The molecule has 2 amide bonds. The van der Waals surface area contributed by atoms with E-state index >= 15 is 0 Å². The number of amides is 2. The third-order valence-corrected chi connectivity index (χ3v) is 7.30. The first-order valence-corrected chi connectivity index (χ1v) is 15.7. The van der Waals surface area contributed by atoms with Gasteiger partial charge in [-0.25, -0.2) is 28.3 Å². The van der Waals surface area contributed by atoms with Gasteiger partial charge in [-0.2, -0.15) is 0 Å². The van der Waals surface area contributed by atoms with Crippen molar-refractivity contribution in [3.63, 3.8) is 0 Å². The SMILES string of the molecule is CC(C)(C)OC(=O)N1CCC(=O)CC1.CC(C)(C)OC(=O)N1CCC(O)(c2cnc(Cl)c(F)c2)CC1.Fc1cc(Br)cnc1Cl. The van der Waals surface area contributed by atoms with Crippen molar-refractivity contribution in [2.24, 2.45) is 0 Å². The number of hydrogen-bond donors (Lipinski definition) is 1. The molecule has 2 saturated heterocycles. The lowest BCUT2D eigenvalue weighted by Crippen LogP contribution is -2.46. The van der Waals surface area contributed by atoms with Gasteiger partial charge in [-0.3, -0.25) is 4.79 Å². The number of hydrogen-bond acceptors (Lipinski definition) is 8. The third kappa shape index (κ3) is 13.3. The second-order valence-electron chi connectivity index (χ2n) is 12.4. The first-order chi connectivity index (χ1) is 20.7. The second-order valence-corrected chi connectivity index (χ2v) is 14.1. The van der Waals surface area contributed by atoms with Gasteiger partial charge in [0.2, 0.25) is 0 Å². The molecule has 0 atom stereocenters. The maximum absolute atomic E-state index is 13.5. The molecule has 10 nitrogen and oxygen atoms in total. The van der Waals surface area contributed by atoms with Crippen molar-refractivity contribution < 1.29 is 37.7 Å². The molecule has 0 saturated carbocycles. The van der Waals surface area contributed by atoms with Crippen molar-refractivity contribution in [1.29, 1.82) is 0 Å². The van der Waals surface area contributed by atoms with Crippen LogP contribution in [0.15, 0.2) is 29.0 Å². The van der Waals surface area contributed by atoms with E-state index in [1.54, 1.807) is 30.6 Å². The lowest BCUT2D eigenvalue weighted by Gasteiger charge is -2.38. The number of pyridine rings is 2. The zero-order chi connectivity index (χ0) is 34.2. The number of piperidine rings is 2. The Hall–Kier alpha value is -2.61. The van der Waals surface area contributed by atoms with Crippen LogP contribution in [0, 0.1) is 11.6 Å². The van der Waals surface area contributed by atoms with Crippen LogP contribution in [-0.4, -0.2) is 80.2 Å². The fraction of sp³-hybridized carbons (Fsp3) is 0.567. The Morgan fingerprint density at radius 3 is 1.67 bits per heavy atom. The van der Waals surface area contributed by atoms with Crippen LogP contribution < -0.4 is 0 Å². The van der Waals surface area contributed by atoms with E-state index in [0.29, 0.717) is 49.1 Å². The van der Waals surface area contributed by atoms with E-state index in [4.69, 9.17) is 32.7 Å². The molecule has 4 heterocycles. The highest BCUT2D eigenvalue weighted by molar-refractivity contribution is 9.10. The molecule has 0 aliphatic carbocycles. The van der Waals surface area contributed by atoms with Crippen LogP contribution in [0.1, 0.15) is 72.8 Å². The first-order valence-electron chi connectivity index (χ1n) is 14.2. The van der Waals surface area contributed by atoms with Crippen molar-refractivity contribution in [2.75, 3.05) is 26.2 Å². The van der Waals surface area contributed by atoms with Crippen LogP contribution in [0.4, 0.5) is 18.4 Å². The molecule has 45 heavy (non-hydrogen) atoms. The van der Waals surface area contributed by atoms with Crippen LogP contribution in [0.3, 0.4) is 0 Å². The molecule has 2 aliphatic heterocycles. The summed E-state index contributed by atoms with van der Waals surface area (Å²) in [6.45, 7) is 12.5. The molecule has 0 radical (unpaired) electrons. The van der Waals surface area contributed by atoms with Crippen LogP contribution in [0.5, 0.6) is 0 Å². The van der Waals surface area contributed by atoms with E-state index in [9.17, 15) is 28.3 Å². The van der Waals surface area contributed by atoms with E-state index in [0.717, 1.165) is 0 Å². The Balaban J connectivity index is 0.000000261. The molecule has 2 fully saturated rings. The summed E-state index contributed by atoms with van der Waals surface area (Å²) in [5, 5.41) is 10.3. The zero-order valence-corrected chi connectivity index (χ0v) is 29.2. The minimum Gasteiger partial charge on any atom is -0.444 e. The molecule has 0 bridgehead atoms. The number of carbonyl (C=O) groups is 3. The van der Waals surface area contributed by atoms with Gasteiger partial charge in [-0.05, 0) is 82.4 Å². The van der Waals surface area contributed by atoms with Gasteiger partial charge in [0.05, 0.1) is 5.60 Å². The highest BCUT2D eigenvalue weighted by Crippen LogP contribution is 2.34. The second kappa shape index (κ2) is 16.3. The summed E-state index contributed by atoms with van der Waals surface area (Å²) >= 11 is 13.9. The van der Waals surface area contributed by atoms with Crippen molar-refractivity contribution in [3.05, 3.63) is 56.5 Å². The highest BCUT2D eigenvalue weighted by Gasteiger charge is 2.37. The standard InChI is InChI=1S/C15H20ClFN2O3.C10H17NO3.C5H2BrClFN/c1-14(2,3)22-13(20)19-6-4-15(21,5-7-19)10-8-11(17)12(16)18-9-10;1-10(2,3)14-9(13)11-6-4-8(12)5-7-11;6-3-1-4(8)5(7)9-2-3/h8-9,21H,4-7H2,1-3H3;4-7H2,1-3H3;1-2H. The average molecular weight is 740 g/mol. The van der Waals surface area contributed by atoms with Gasteiger partial charge in [-0.1, -0.05) is 23.2 Å². The Morgan fingerprint density at radius 1 is 0.844 bits per heavy atom. The molecular formula is C30H39BrCl2F2N4O6. The van der Waals surface area contributed by atoms with Gasteiger partial charge < -0.3 is 24.4 Å². The quantitative estimate of drug-likeness (QED) is 0.302. The van der Waals surface area contributed by atoms with E-state index in [1.807, 2.05) is 20.8 Å². The number of nitrogens with zero attached hydrogens (tertiary/aromatic N) is 4. The fourth-order valence-electron chi connectivity index (χ4n) is 4.01. The summed E-state index contributed by atoms with van der Waals surface area (Å²) in [6, 6.07) is 2.45. The Labute approximate surface area is 280 Å². The number of ether oxygens (including phenoxy) is 2. The van der Waals surface area contributed by atoms with Gasteiger partial charge in [0.1, 0.15) is 17.0 Å². The van der Waals surface area contributed by atoms with Crippen LogP contribution in [0.25, 0.3) is 0 Å². The lowest BCUT2D eigenvalue weighted by atomic mass is 9.85. The topological polar surface area (TPSA) is 122 Å². The predicted molar refractivity (Wildman–Crippen MR) is 169 cm³/mol. The monoisotopic (exact) mass is 738 g/mol. The molecule has 2 aromatic heterocycles. The molecule has 4 rings (SSSR count). The Morgan fingerprint density at radius 2 is 1.27 bits per heavy atom. The number of Topliss-reactive ketones (excluding diaryl/α,β-unsaturated/α-hetero) is 1. The minimum absolute atomic E-state index is 0.0989. The third-order valence-electron chi connectivity index (χ3n) is 6.31. The molecule has 0 spiro atoms. The Kier molecular flexibility index (Phi) is 14.0. The number of likely N-dealkylation sites (tertiary alicyclic amines) is 2. The predicted octanol–water partition coefficient (Wildman–Crippen LogP) is 7.32. The fourth-order valence-corrected chi connectivity index (χ4v) is 4.52. The van der Waals surface area contributed by atoms with Gasteiger partial charge >= 0.3 is 12.2 Å². The van der Waals surface area contributed by atoms with Crippen LogP contribution in [-0.2, 0) is 19.9 Å². The van der Waals surface area contributed by atoms with Gasteiger partial charge in [0, 0.05) is 61.5 Å². The van der Waals surface area contributed by atoms with Gasteiger partial charge in [-0.15, -0.1) is 0 Å². The minimum atomic E-state index is -1.21. The summed E-state index contributed by atoms with van der Waals surface area (Å²) in [5.74, 6) is -0.946. The number of carbonyl (C=O) groups excluding carboxylic acids is 3. The van der Waals surface area contributed by atoms with E-state index < -0.39 is 34.5 Å². The maximum atomic E-state index is 13.5. The van der Waals surface area contributed by atoms with Gasteiger partial charge in [0.15, 0.2) is 21.9 Å². The van der Waals surface area contributed by atoms with Crippen LogP contribution >= 0.6 is 39.1 Å². The van der Waals surface area contributed by atoms with Crippen molar-refractivity contribution in [2.45, 2.75) is 84.0 Å². The summed E-state index contributed by atoms with van der Waals surface area (Å²) in [7, 11) is 0. The van der Waals surface area contributed by atoms with E-state index in [1.165, 1.54) is 24.5 Å². The summed E-state index contributed by atoms with van der Waals surface area (Å²) < 4.78 is 36.9. The Bertz CT molecular complexity index is 1340. The number of halogens is 5. The molecule has 1 N–H and O–H groups in total. The van der Waals surface area contributed by atoms with E-state index in [2.05, 4.69) is 25.9 Å². The van der Waals surface area contributed by atoms with Crippen molar-refractivity contribution in [3.8, 4) is 0 Å². The van der Waals surface area contributed by atoms with Gasteiger partial charge in [0.25, 0.3) is 0 Å². The zero-order valence-electron chi connectivity index (χ0n) is 26.1. The first kappa shape index (κ1) is 38.6. The summed E-state index contributed by atoms with van der Waals surface area (Å²) in [6.07, 6.45) is 3.57. The largest absolute Gasteiger partial charge is 0.444 e. The molecule has 0 unspecified atom stereocenters. The van der Waals surface area contributed by atoms with Crippen LogP contribution in [0.2, 0.25) is 10.3 Å². The molecular weight excluding hydrogens is 701 g/mol. The maximum Gasteiger partial charge on any atom is 0.410 e. The van der Waals surface area contributed by atoms with Crippen molar-refractivity contribution >= 4 is 57.1 Å². The summed E-state index contributed by atoms with van der Waals surface area (Å²) in [4.78, 5) is 44.8. The molecule has 2 aliphatic rings. The number of aromatic nitrogens is 2.